The van der Waals surface area contributed by atoms with E-state index in [9.17, 15) is 13.2 Å². The van der Waals surface area contributed by atoms with Crippen LogP contribution in [0.2, 0.25) is 0 Å². The molecule has 10 heteroatoms. The van der Waals surface area contributed by atoms with Crippen LogP contribution in [-0.2, 0) is 21.4 Å². The zero-order valence-electron chi connectivity index (χ0n) is 15.0. The van der Waals surface area contributed by atoms with E-state index in [4.69, 9.17) is 0 Å². The Labute approximate surface area is 176 Å². The van der Waals surface area contributed by atoms with Crippen molar-refractivity contribution in [2.24, 2.45) is 0 Å². The third-order valence-electron chi connectivity index (χ3n) is 4.36. The molecule has 1 fully saturated rings. The van der Waals surface area contributed by atoms with E-state index in [-0.39, 0.29) is 11.7 Å². The molecule has 0 radical (unpaired) electrons. The Morgan fingerprint density at radius 3 is 2.71 bits per heavy atom. The van der Waals surface area contributed by atoms with Gasteiger partial charge < -0.3 is 5.32 Å². The minimum atomic E-state index is -3.39. The first kappa shape index (κ1) is 19.8. The molecule has 0 unspecified atom stereocenters. The number of thiophene rings is 1. The predicted octanol–water partition coefficient (Wildman–Crippen LogP) is 3.55. The fourth-order valence-electron chi connectivity index (χ4n) is 2.92. The van der Waals surface area contributed by atoms with Crippen LogP contribution < -0.4 is 5.32 Å². The number of thioether (sulfide) groups is 1. The Bertz CT molecular complexity index is 1050. The van der Waals surface area contributed by atoms with Gasteiger partial charge in [0.2, 0.25) is 5.91 Å². The molecule has 0 atom stereocenters. The number of benzene rings is 1. The highest BCUT2D eigenvalue weighted by atomic mass is 32.2. The second-order valence-corrected chi connectivity index (χ2v) is 11.9. The first-order valence-electron chi connectivity index (χ1n) is 8.86. The highest BCUT2D eigenvalue weighted by Gasteiger charge is 2.28. The number of thiazole rings is 1. The highest BCUT2D eigenvalue weighted by molar-refractivity contribution is 8.01. The van der Waals surface area contributed by atoms with E-state index in [2.05, 4.69) is 10.3 Å². The van der Waals surface area contributed by atoms with Gasteiger partial charge in [-0.05, 0) is 37.1 Å². The number of carbonyl (C=O) groups excluding carboxylic acids is 1. The first-order valence-corrected chi connectivity index (χ1v) is 12.9. The van der Waals surface area contributed by atoms with Crippen LogP contribution in [-0.4, -0.2) is 42.5 Å². The fraction of sp³-hybridized carbons (Fsp3) is 0.333. The summed E-state index contributed by atoms with van der Waals surface area (Å²) in [6, 6.07) is 11.3. The maximum Gasteiger partial charge on any atom is 0.252 e. The molecule has 1 N–H and O–H groups in total. The van der Waals surface area contributed by atoms with Gasteiger partial charge in [-0.2, -0.15) is 4.31 Å². The summed E-state index contributed by atoms with van der Waals surface area (Å²) in [7, 11) is -3.39. The first-order chi connectivity index (χ1) is 13.5. The minimum absolute atomic E-state index is 0.0957. The number of sulfonamides is 1. The molecular formula is C18H19N3O3S4. The van der Waals surface area contributed by atoms with Crippen LogP contribution in [0.5, 0.6) is 0 Å². The van der Waals surface area contributed by atoms with Gasteiger partial charge in [0.25, 0.3) is 10.0 Å². The number of fused-ring (bicyclic) bond motifs is 1. The molecule has 1 aliphatic heterocycles. The number of aromatic nitrogens is 1. The number of nitrogens with one attached hydrogen (secondary N) is 1. The molecule has 3 aromatic rings. The summed E-state index contributed by atoms with van der Waals surface area (Å²) in [6.45, 7) is 1.52. The molecule has 1 aromatic carbocycles. The summed E-state index contributed by atoms with van der Waals surface area (Å²) in [5, 5.41) is 2.86. The monoisotopic (exact) mass is 453 g/mol. The smallest absolute Gasteiger partial charge is 0.252 e. The fourth-order valence-corrected chi connectivity index (χ4v) is 7.79. The van der Waals surface area contributed by atoms with Gasteiger partial charge in [0.1, 0.15) is 4.21 Å². The SMILES string of the molecule is O=C(CSc1nc2ccccc2s1)NCc1ccc(S(=O)(=O)N2CCCC2)s1. The molecular weight excluding hydrogens is 434 g/mol. The van der Waals surface area contributed by atoms with Crippen molar-refractivity contribution in [2.75, 3.05) is 18.8 Å². The average Bonchev–Trinajstić information content (AvgIpc) is 3.45. The van der Waals surface area contributed by atoms with Gasteiger partial charge in [0.15, 0.2) is 4.34 Å². The Morgan fingerprint density at radius 2 is 1.93 bits per heavy atom. The largest absolute Gasteiger partial charge is 0.350 e. The summed E-state index contributed by atoms with van der Waals surface area (Å²) < 4.78 is 29.0. The lowest BCUT2D eigenvalue weighted by molar-refractivity contribution is -0.118. The molecule has 4 rings (SSSR count). The molecule has 0 spiro atoms. The van der Waals surface area contributed by atoms with E-state index >= 15 is 0 Å². The van der Waals surface area contributed by atoms with Gasteiger partial charge in [-0.25, -0.2) is 13.4 Å². The van der Waals surface area contributed by atoms with Crippen molar-refractivity contribution in [3.8, 4) is 0 Å². The summed E-state index contributed by atoms with van der Waals surface area (Å²) in [5.41, 5.74) is 0.945. The second kappa shape index (κ2) is 8.50. The molecule has 2 aromatic heterocycles. The Hall–Kier alpha value is -1.46. The highest BCUT2D eigenvalue weighted by Crippen LogP contribution is 2.29. The van der Waals surface area contributed by atoms with Gasteiger partial charge in [-0.15, -0.1) is 22.7 Å². The molecule has 0 bridgehead atoms. The normalized spacial score (nSPS) is 15.3. The quantitative estimate of drug-likeness (QED) is 0.554. The molecule has 28 heavy (non-hydrogen) atoms. The number of rotatable bonds is 7. The summed E-state index contributed by atoms with van der Waals surface area (Å²) in [4.78, 5) is 17.5. The van der Waals surface area contributed by atoms with Crippen molar-refractivity contribution in [2.45, 2.75) is 27.9 Å². The molecule has 1 aliphatic rings. The number of hydrogen-bond donors (Lipinski definition) is 1. The zero-order chi connectivity index (χ0) is 19.6. The topological polar surface area (TPSA) is 79.4 Å². The summed E-state index contributed by atoms with van der Waals surface area (Å²) >= 11 is 4.21. The van der Waals surface area contributed by atoms with Crippen LogP contribution in [0.15, 0.2) is 44.9 Å². The Morgan fingerprint density at radius 1 is 1.14 bits per heavy atom. The molecule has 6 nitrogen and oxygen atoms in total. The van der Waals surface area contributed by atoms with Crippen LogP contribution in [0, 0.1) is 0 Å². The van der Waals surface area contributed by atoms with Gasteiger partial charge >= 0.3 is 0 Å². The van der Waals surface area contributed by atoms with Crippen molar-refractivity contribution in [3.63, 3.8) is 0 Å². The average molecular weight is 454 g/mol. The summed E-state index contributed by atoms with van der Waals surface area (Å²) in [5.74, 6) is 0.186. The number of amides is 1. The third-order valence-corrected chi connectivity index (χ3v) is 9.99. The zero-order valence-corrected chi connectivity index (χ0v) is 18.2. The lowest BCUT2D eigenvalue weighted by Gasteiger charge is -2.13. The van der Waals surface area contributed by atoms with Crippen molar-refractivity contribution in [3.05, 3.63) is 41.3 Å². The van der Waals surface area contributed by atoms with Gasteiger partial charge in [0.05, 0.1) is 22.5 Å². The maximum absolute atomic E-state index is 12.6. The van der Waals surface area contributed by atoms with Crippen LogP contribution in [0.4, 0.5) is 0 Å². The number of para-hydroxylation sites is 1. The van der Waals surface area contributed by atoms with Crippen LogP contribution in [0.3, 0.4) is 0 Å². The van der Waals surface area contributed by atoms with Crippen molar-refractivity contribution in [1.29, 1.82) is 0 Å². The van der Waals surface area contributed by atoms with E-state index in [0.29, 0.717) is 23.8 Å². The van der Waals surface area contributed by atoms with Gasteiger partial charge in [-0.3, -0.25) is 4.79 Å². The van der Waals surface area contributed by atoms with Crippen LogP contribution in [0.1, 0.15) is 17.7 Å². The molecule has 1 saturated heterocycles. The lowest BCUT2D eigenvalue weighted by Crippen LogP contribution is -2.27. The van der Waals surface area contributed by atoms with Gasteiger partial charge in [0, 0.05) is 18.0 Å². The third kappa shape index (κ3) is 4.41. The van der Waals surface area contributed by atoms with Crippen molar-refractivity contribution < 1.29 is 13.2 Å². The van der Waals surface area contributed by atoms with E-state index in [1.165, 1.54) is 27.4 Å². The van der Waals surface area contributed by atoms with Crippen molar-refractivity contribution in [1.82, 2.24) is 14.6 Å². The number of carbonyl (C=O) groups is 1. The molecule has 0 saturated carbocycles. The van der Waals surface area contributed by atoms with Crippen LogP contribution >= 0.6 is 34.4 Å². The van der Waals surface area contributed by atoms with Crippen molar-refractivity contribution >= 4 is 60.6 Å². The predicted molar refractivity (Wildman–Crippen MR) is 115 cm³/mol. The molecule has 1 amide bonds. The minimum Gasteiger partial charge on any atom is -0.350 e. The standard InChI is InChI=1S/C18H19N3O3S4/c22-16(12-25-18-20-14-5-1-2-6-15(14)27-18)19-11-13-7-8-17(26-13)28(23,24)21-9-3-4-10-21/h1-2,5-8H,3-4,9-12H2,(H,19,22). The van der Waals surface area contributed by atoms with Gasteiger partial charge in [-0.1, -0.05) is 23.9 Å². The Balaban J connectivity index is 1.29. The Kier molecular flexibility index (Phi) is 6.02. The van der Waals surface area contributed by atoms with E-state index in [1.807, 2.05) is 24.3 Å². The van der Waals surface area contributed by atoms with E-state index in [0.717, 1.165) is 32.3 Å². The van der Waals surface area contributed by atoms with E-state index < -0.39 is 10.0 Å². The number of hydrogen-bond acceptors (Lipinski definition) is 7. The molecule has 3 heterocycles. The van der Waals surface area contributed by atoms with Crippen LogP contribution in [0.25, 0.3) is 10.2 Å². The summed E-state index contributed by atoms with van der Waals surface area (Å²) in [6.07, 6.45) is 1.83. The maximum atomic E-state index is 12.6. The number of nitrogens with zero attached hydrogens (tertiary/aromatic N) is 2. The second-order valence-electron chi connectivity index (χ2n) is 6.34. The lowest BCUT2D eigenvalue weighted by atomic mass is 10.3. The molecule has 0 aliphatic carbocycles. The van der Waals surface area contributed by atoms with E-state index in [1.54, 1.807) is 23.5 Å². The molecule has 148 valence electrons.